The lowest BCUT2D eigenvalue weighted by molar-refractivity contribution is 0.263. The first kappa shape index (κ1) is 14.5. The molecule has 0 bridgehead atoms. The van der Waals surface area contributed by atoms with Gasteiger partial charge in [0.2, 0.25) is 0 Å². The maximum Gasteiger partial charge on any atom is -0.0195 e. The van der Waals surface area contributed by atoms with Crippen molar-refractivity contribution < 1.29 is 0 Å². The second-order valence-electron chi connectivity index (χ2n) is 4.51. The fourth-order valence-corrected chi connectivity index (χ4v) is 1.88. The molecule has 0 aromatic heterocycles. The van der Waals surface area contributed by atoms with Gasteiger partial charge in [-0.3, -0.25) is 0 Å². The zero-order valence-electron chi connectivity index (χ0n) is 9.78. The van der Waals surface area contributed by atoms with E-state index in [1.165, 1.54) is 26.3 Å². The van der Waals surface area contributed by atoms with E-state index in [2.05, 4.69) is 40.4 Å². The highest BCUT2D eigenvalue weighted by Crippen LogP contribution is 2.29. The van der Waals surface area contributed by atoms with Gasteiger partial charge in [0.1, 0.15) is 0 Å². The van der Waals surface area contributed by atoms with Crippen LogP contribution in [0.15, 0.2) is 0 Å². The Kier molecular flexibility index (Phi) is 9.17. The molecule has 0 atom stereocenters. The van der Waals surface area contributed by atoms with Crippen LogP contribution in [0.25, 0.3) is 0 Å². The Hall–Kier alpha value is -0.0400. The van der Waals surface area contributed by atoms with Gasteiger partial charge in [0, 0.05) is 0 Å². The van der Waals surface area contributed by atoms with Crippen molar-refractivity contribution in [3.8, 4) is 0 Å². The largest absolute Gasteiger partial charge is 0.333 e. The topological polar surface area (TPSA) is 26.0 Å². The van der Waals surface area contributed by atoms with Crippen molar-refractivity contribution in [2.75, 3.05) is 7.05 Å². The average Bonchev–Trinajstić information content (AvgIpc) is 1.88. The minimum absolute atomic E-state index is 0.572. The summed E-state index contributed by atoms with van der Waals surface area (Å²) in [5, 5.41) is 0. The van der Waals surface area contributed by atoms with Crippen molar-refractivity contribution in [1.82, 2.24) is 0 Å². The fourth-order valence-electron chi connectivity index (χ4n) is 1.88. The first-order valence-corrected chi connectivity index (χ1v) is 5.05. The monoisotopic (exact) mass is 173 g/mol. The molecular weight excluding hydrogens is 146 g/mol. The van der Waals surface area contributed by atoms with Crippen LogP contribution >= 0.6 is 0 Å². The molecule has 1 heteroatoms. The summed E-state index contributed by atoms with van der Waals surface area (Å²) in [5.41, 5.74) is 5.07. The van der Waals surface area contributed by atoms with Crippen molar-refractivity contribution in [1.29, 1.82) is 0 Å². The summed E-state index contributed by atoms with van der Waals surface area (Å²) in [4.78, 5) is 0. The lowest BCUT2D eigenvalue weighted by Crippen LogP contribution is -2.13. The third kappa shape index (κ3) is 9.96. The molecule has 0 heterocycles. The lowest BCUT2D eigenvalue weighted by Gasteiger charge is -2.25. The number of nitrogens with two attached hydrogens (primary N) is 1. The Morgan fingerprint density at radius 3 is 1.83 bits per heavy atom. The van der Waals surface area contributed by atoms with E-state index in [4.69, 9.17) is 0 Å². The highest BCUT2D eigenvalue weighted by atomic mass is 14.4. The fraction of sp³-hybridized carbons (Fsp3) is 1.00. The molecule has 0 aliphatic heterocycles. The molecule has 0 saturated carbocycles. The van der Waals surface area contributed by atoms with Crippen LogP contribution < -0.4 is 5.73 Å². The van der Waals surface area contributed by atoms with Gasteiger partial charge in [0.15, 0.2) is 0 Å². The van der Waals surface area contributed by atoms with E-state index in [1.54, 1.807) is 0 Å². The third-order valence-corrected chi connectivity index (χ3v) is 1.89. The van der Waals surface area contributed by atoms with E-state index in [0.717, 1.165) is 5.92 Å². The molecule has 0 fully saturated rings. The number of rotatable bonds is 4. The van der Waals surface area contributed by atoms with Gasteiger partial charge in [0.25, 0.3) is 0 Å². The van der Waals surface area contributed by atoms with Gasteiger partial charge in [-0.2, -0.15) is 0 Å². The summed E-state index contributed by atoms with van der Waals surface area (Å²) in [6, 6.07) is 0. The van der Waals surface area contributed by atoms with E-state index < -0.39 is 0 Å². The van der Waals surface area contributed by atoms with Crippen molar-refractivity contribution in [2.45, 2.75) is 53.9 Å². The van der Waals surface area contributed by atoms with E-state index >= 15 is 0 Å². The molecule has 0 radical (unpaired) electrons. The number of hydrogen-bond acceptors (Lipinski definition) is 1. The Balaban J connectivity index is 0. The number of hydrogen-bond donors (Lipinski definition) is 1. The predicted octanol–water partition coefficient (Wildman–Crippen LogP) is 3.43. The maximum atomic E-state index is 4.50. The standard InChI is InChI=1S/C10H22.CH5N/c1-6-7-10(4,5)8-9(2)3;1-2/h9H,6-8H2,1-5H3;2H2,1H3. The van der Waals surface area contributed by atoms with Crippen LogP contribution in [0.1, 0.15) is 53.9 Å². The molecule has 2 N–H and O–H groups in total. The Morgan fingerprint density at radius 2 is 1.58 bits per heavy atom. The first-order chi connectivity index (χ1) is 5.48. The lowest BCUT2D eigenvalue weighted by atomic mass is 9.80. The predicted molar refractivity (Wildman–Crippen MR) is 58.3 cm³/mol. The molecule has 76 valence electrons. The minimum Gasteiger partial charge on any atom is -0.333 e. The van der Waals surface area contributed by atoms with Crippen LogP contribution in [-0.2, 0) is 0 Å². The van der Waals surface area contributed by atoms with E-state index in [9.17, 15) is 0 Å². The van der Waals surface area contributed by atoms with Crippen LogP contribution in [0.5, 0.6) is 0 Å². The summed E-state index contributed by atoms with van der Waals surface area (Å²) in [7, 11) is 1.50. The Morgan fingerprint density at radius 1 is 1.17 bits per heavy atom. The van der Waals surface area contributed by atoms with Gasteiger partial charge in [0.05, 0.1) is 0 Å². The van der Waals surface area contributed by atoms with E-state index in [0.29, 0.717) is 5.41 Å². The normalized spacial score (nSPS) is 11.0. The molecule has 12 heavy (non-hydrogen) atoms. The van der Waals surface area contributed by atoms with Crippen molar-refractivity contribution in [2.24, 2.45) is 17.1 Å². The summed E-state index contributed by atoms with van der Waals surface area (Å²) in [6.07, 6.45) is 4.05. The quantitative estimate of drug-likeness (QED) is 0.692. The molecule has 0 aromatic rings. The highest BCUT2D eigenvalue weighted by molar-refractivity contribution is 4.69. The smallest absolute Gasteiger partial charge is 0.0195 e. The van der Waals surface area contributed by atoms with Gasteiger partial charge >= 0.3 is 0 Å². The molecule has 0 aliphatic rings. The molecule has 0 amide bonds. The summed E-state index contributed by atoms with van der Waals surface area (Å²) >= 11 is 0. The van der Waals surface area contributed by atoms with Crippen LogP contribution in [0.2, 0.25) is 0 Å². The molecular formula is C11H27N. The van der Waals surface area contributed by atoms with Crippen molar-refractivity contribution in [3.05, 3.63) is 0 Å². The zero-order valence-corrected chi connectivity index (χ0v) is 9.78. The van der Waals surface area contributed by atoms with Crippen LogP contribution in [0, 0.1) is 11.3 Å². The van der Waals surface area contributed by atoms with Gasteiger partial charge in [-0.15, -0.1) is 0 Å². The SMILES string of the molecule is CCCC(C)(C)CC(C)C.CN. The second kappa shape index (κ2) is 7.60. The van der Waals surface area contributed by atoms with Crippen molar-refractivity contribution >= 4 is 0 Å². The molecule has 0 saturated heterocycles. The van der Waals surface area contributed by atoms with Gasteiger partial charge < -0.3 is 5.73 Å². The molecule has 0 spiro atoms. The minimum atomic E-state index is 0.572. The highest BCUT2D eigenvalue weighted by Gasteiger charge is 2.17. The van der Waals surface area contributed by atoms with E-state index in [-0.39, 0.29) is 0 Å². The van der Waals surface area contributed by atoms with Gasteiger partial charge in [-0.25, -0.2) is 0 Å². The summed E-state index contributed by atoms with van der Waals surface area (Å²) in [5.74, 6) is 0.849. The van der Waals surface area contributed by atoms with E-state index in [1.807, 2.05) is 0 Å². The summed E-state index contributed by atoms with van der Waals surface area (Å²) in [6.45, 7) is 11.6. The molecule has 0 rings (SSSR count). The maximum absolute atomic E-state index is 4.50. The van der Waals surface area contributed by atoms with Crippen LogP contribution in [-0.4, -0.2) is 7.05 Å². The molecule has 0 aliphatic carbocycles. The van der Waals surface area contributed by atoms with Gasteiger partial charge in [-0.05, 0) is 31.2 Å². The first-order valence-electron chi connectivity index (χ1n) is 5.05. The second-order valence-corrected chi connectivity index (χ2v) is 4.51. The zero-order chi connectivity index (χ0) is 10.2. The summed E-state index contributed by atoms with van der Waals surface area (Å²) < 4.78 is 0. The average molecular weight is 173 g/mol. The van der Waals surface area contributed by atoms with Gasteiger partial charge in [-0.1, -0.05) is 41.0 Å². The third-order valence-electron chi connectivity index (χ3n) is 1.89. The van der Waals surface area contributed by atoms with Crippen molar-refractivity contribution in [3.63, 3.8) is 0 Å². The Labute approximate surface area is 78.7 Å². The Bertz CT molecular complexity index is 85.0. The van der Waals surface area contributed by atoms with Crippen LogP contribution in [0.3, 0.4) is 0 Å². The van der Waals surface area contributed by atoms with Crippen LogP contribution in [0.4, 0.5) is 0 Å². The molecule has 0 unspecified atom stereocenters. The molecule has 0 aromatic carbocycles. The molecule has 1 nitrogen and oxygen atoms in total.